The maximum absolute atomic E-state index is 10.8. The number of nitro benzene ring substituents is 1. The fourth-order valence-electron chi connectivity index (χ4n) is 1.58. The molecule has 0 saturated carbocycles. The molecule has 8 heteroatoms. The van der Waals surface area contributed by atoms with E-state index in [0.29, 0.717) is 11.3 Å². The molecule has 0 aliphatic carbocycles. The summed E-state index contributed by atoms with van der Waals surface area (Å²) in [7, 11) is 0. The number of aryl methyl sites for hydroxylation is 1. The molecular formula is C13H9ClN2O5. The Labute approximate surface area is 123 Å². The van der Waals surface area contributed by atoms with E-state index >= 15 is 0 Å². The number of benzene rings is 1. The topological polar surface area (TPSA) is 103 Å². The number of aromatic nitrogens is 1. The molecule has 0 aliphatic rings. The average molecular weight is 309 g/mol. The lowest BCUT2D eigenvalue weighted by atomic mass is 10.2. The van der Waals surface area contributed by atoms with Crippen molar-refractivity contribution in [3.05, 3.63) is 56.7 Å². The van der Waals surface area contributed by atoms with E-state index in [1.807, 2.05) is 0 Å². The molecule has 1 heterocycles. The zero-order chi connectivity index (χ0) is 15.6. The smallest absolute Gasteiger partial charge is 0.337 e. The molecule has 7 nitrogen and oxygen atoms in total. The normalized spacial score (nSPS) is 10.2. The molecule has 1 N–H and O–H groups in total. The molecule has 1 aromatic heterocycles. The number of halogens is 1. The summed E-state index contributed by atoms with van der Waals surface area (Å²) in [5.74, 6) is -0.779. The van der Waals surface area contributed by atoms with E-state index in [4.69, 9.17) is 21.4 Å². The molecule has 0 aliphatic heterocycles. The van der Waals surface area contributed by atoms with Gasteiger partial charge in [0.2, 0.25) is 5.88 Å². The van der Waals surface area contributed by atoms with Gasteiger partial charge in [-0.3, -0.25) is 10.1 Å². The quantitative estimate of drug-likeness (QED) is 0.685. The molecule has 0 atom stereocenters. The number of aromatic carboxylic acids is 1. The zero-order valence-corrected chi connectivity index (χ0v) is 11.5. The maximum Gasteiger partial charge on any atom is 0.337 e. The Hall–Kier alpha value is -2.67. The number of carboxylic acid groups (broad SMARTS) is 1. The van der Waals surface area contributed by atoms with Crippen LogP contribution in [-0.4, -0.2) is 21.0 Å². The van der Waals surface area contributed by atoms with Crippen LogP contribution in [0.25, 0.3) is 0 Å². The highest BCUT2D eigenvalue weighted by Gasteiger charge is 2.13. The summed E-state index contributed by atoms with van der Waals surface area (Å²) in [6.45, 7) is 1.64. The number of non-ortho nitro benzene ring substituents is 1. The molecule has 0 unspecified atom stereocenters. The van der Waals surface area contributed by atoms with Crippen molar-refractivity contribution < 1.29 is 19.6 Å². The van der Waals surface area contributed by atoms with Gasteiger partial charge in [-0.15, -0.1) is 0 Å². The van der Waals surface area contributed by atoms with Crippen molar-refractivity contribution in [3.63, 3.8) is 0 Å². The molecule has 0 radical (unpaired) electrons. The van der Waals surface area contributed by atoms with Crippen LogP contribution < -0.4 is 4.74 Å². The van der Waals surface area contributed by atoms with Crippen LogP contribution in [0.2, 0.25) is 5.02 Å². The Morgan fingerprint density at radius 1 is 1.43 bits per heavy atom. The summed E-state index contributed by atoms with van der Waals surface area (Å²) in [5, 5.41) is 19.5. The van der Waals surface area contributed by atoms with Crippen LogP contribution in [-0.2, 0) is 0 Å². The van der Waals surface area contributed by atoms with Crippen molar-refractivity contribution in [2.75, 3.05) is 0 Å². The van der Waals surface area contributed by atoms with E-state index in [9.17, 15) is 14.9 Å². The average Bonchev–Trinajstić information content (AvgIpc) is 2.42. The van der Waals surface area contributed by atoms with Crippen LogP contribution in [0.1, 0.15) is 15.9 Å². The van der Waals surface area contributed by atoms with E-state index in [1.54, 1.807) is 6.92 Å². The highest BCUT2D eigenvalue weighted by atomic mass is 35.5. The van der Waals surface area contributed by atoms with E-state index in [2.05, 4.69) is 4.98 Å². The summed E-state index contributed by atoms with van der Waals surface area (Å²) < 4.78 is 5.45. The van der Waals surface area contributed by atoms with Crippen LogP contribution >= 0.6 is 11.6 Å². The second-order valence-corrected chi connectivity index (χ2v) is 4.53. The fraction of sp³-hybridized carbons (Fsp3) is 0.0769. The highest BCUT2D eigenvalue weighted by molar-refractivity contribution is 6.32. The monoisotopic (exact) mass is 308 g/mol. The molecular weight excluding hydrogens is 300 g/mol. The van der Waals surface area contributed by atoms with Crippen molar-refractivity contribution in [3.8, 4) is 11.6 Å². The van der Waals surface area contributed by atoms with Crippen LogP contribution in [0.4, 0.5) is 5.69 Å². The Kier molecular flexibility index (Phi) is 4.04. The lowest BCUT2D eigenvalue weighted by Gasteiger charge is -2.09. The predicted octanol–water partition coefficient (Wildman–Crippen LogP) is 3.44. The summed E-state index contributed by atoms with van der Waals surface area (Å²) in [6.07, 6.45) is 1.12. The molecule has 0 bridgehead atoms. The lowest BCUT2D eigenvalue weighted by Crippen LogP contribution is -1.99. The van der Waals surface area contributed by atoms with Gasteiger partial charge < -0.3 is 9.84 Å². The van der Waals surface area contributed by atoms with E-state index in [-0.39, 0.29) is 22.2 Å². The first-order chi connectivity index (χ1) is 9.88. The minimum atomic E-state index is -1.15. The van der Waals surface area contributed by atoms with Crippen molar-refractivity contribution in [1.29, 1.82) is 0 Å². The molecule has 2 rings (SSSR count). The number of rotatable bonds is 4. The van der Waals surface area contributed by atoms with Crippen molar-refractivity contribution in [1.82, 2.24) is 4.98 Å². The molecule has 108 valence electrons. The van der Waals surface area contributed by atoms with Gasteiger partial charge in [-0.25, -0.2) is 9.78 Å². The second kappa shape index (κ2) is 5.76. The van der Waals surface area contributed by atoms with Gasteiger partial charge in [-0.2, -0.15) is 0 Å². The van der Waals surface area contributed by atoms with Gasteiger partial charge in [0.1, 0.15) is 10.8 Å². The largest absolute Gasteiger partial charge is 0.478 e. The summed E-state index contributed by atoms with van der Waals surface area (Å²) in [5.41, 5.74) is 0.414. The number of hydrogen-bond donors (Lipinski definition) is 1. The molecule has 21 heavy (non-hydrogen) atoms. The number of carbonyl (C=O) groups is 1. The van der Waals surface area contributed by atoms with Crippen LogP contribution in [0.5, 0.6) is 11.6 Å². The maximum atomic E-state index is 10.8. The Morgan fingerprint density at radius 2 is 2.14 bits per heavy atom. The van der Waals surface area contributed by atoms with Crippen LogP contribution in [0, 0.1) is 17.0 Å². The number of pyridine rings is 1. The summed E-state index contributed by atoms with van der Waals surface area (Å²) in [4.78, 5) is 24.7. The summed E-state index contributed by atoms with van der Waals surface area (Å²) in [6, 6.07) is 5.29. The molecule has 2 aromatic rings. The SMILES string of the molecule is Cc1cc([N+](=O)[O-])ccc1Oc1ncc(C(=O)O)cc1Cl. The fourth-order valence-corrected chi connectivity index (χ4v) is 1.79. The number of ether oxygens (including phenoxy) is 1. The minimum absolute atomic E-state index is 0.0265. The number of hydrogen-bond acceptors (Lipinski definition) is 5. The van der Waals surface area contributed by atoms with Gasteiger partial charge in [-0.05, 0) is 24.6 Å². The van der Waals surface area contributed by atoms with Gasteiger partial charge in [-0.1, -0.05) is 11.6 Å². The number of carboxylic acids is 1. The van der Waals surface area contributed by atoms with E-state index in [1.165, 1.54) is 24.3 Å². The third-order valence-corrected chi connectivity index (χ3v) is 2.90. The molecule has 1 aromatic carbocycles. The predicted molar refractivity (Wildman–Crippen MR) is 74.1 cm³/mol. The third kappa shape index (κ3) is 3.26. The van der Waals surface area contributed by atoms with Crippen molar-refractivity contribution in [2.45, 2.75) is 6.92 Å². The molecule has 0 saturated heterocycles. The summed E-state index contributed by atoms with van der Waals surface area (Å²) >= 11 is 5.90. The van der Waals surface area contributed by atoms with Gasteiger partial charge in [0.25, 0.3) is 5.69 Å². The Balaban J connectivity index is 2.30. The molecule has 0 spiro atoms. The Morgan fingerprint density at radius 3 is 2.67 bits per heavy atom. The zero-order valence-electron chi connectivity index (χ0n) is 10.7. The van der Waals surface area contributed by atoms with Crippen LogP contribution in [0.15, 0.2) is 30.5 Å². The third-order valence-electron chi connectivity index (χ3n) is 2.63. The lowest BCUT2D eigenvalue weighted by molar-refractivity contribution is -0.384. The standard InChI is InChI=1S/C13H9ClN2O5/c1-7-4-9(16(19)20)2-3-11(7)21-12-10(14)5-8(6-15-12)13(17)18/h2-6H,1H3,(H,17,18). The van der Waals surface area contributed by atoms with Gasteiger partial charge >= 0.3 is 5.97 Å². The first-order valence-electron chi connectivity index (χ1n) is 5.70. The van der Waals surface area contributed by atoms with Crippen molar-refractivity contribution in [2.24, 2.45) is 0 Å². The minimum Gasteiger partial charge on any atom is -0.478 e. The first-order valence-corrected chi connectivity index (χ1v) is 6.08. The molecule has 0 amide bonds. The highest BCUT2D eigenvalue weighted by Crippen LogP contribution is 2.31. The van der Waals surface area contributed by atoms with Crippen LogP contribution in [0.3, 0.4) is 0 Å². The van der Waals surface area contributed by atoms with Gasteiger partial charge in [0, 0.05) is 18.3 Å². The van der Waals surface area contributed by atoms with E-state index in [0.717, 1.165) is 6.20 Å². The second-order valence-electron chi connectivity index (χ2n) is 4.13. The number of nitro groups is 1. The Bertz CT molecular complexity index is 671. The van der Waals surface area contributed by atoms with E-state index < -0.39 is 10.9 Å². The molecule has 0 fully saturated rings. The van der Waals surface area contributed by atoms with Gasteiger partial charge in [0.15, 0.2) is 0 Å². The van der Waals surface area contributed by atoms with Gasteiger partial charge in [0.05, 0.1) is 10.5 Å². The van der Waals surface area contributed by atoms with Crippen molar-refractivity contribution >= 4 is 23.3 Å². The first kappa shape index (κ1) is 14.7. The number of nitrogens with zero attached hydrogens (tertiary/aromatic N) is 2.